The molecular formula is C18H21N3O5S2. The number of carbonyl (C=O) groups is 2. The Labute approximate surface area is 167 Å². The minimum Gasteiger partial charge on any atom is -0.461 e. The third-order valence-electron chi connectivity index (χ3n) is 4.29. The van der Waals surface area contributed by atoms with E-state index >= 15 is 0 Å². The fourth-order valence-electron chi connectivity index (χ4n) is 2.93. The number of esters is 1. The number of amides is 1. The highest BCUT2D eigenvalue weighted by atomic mass is 32.2. The molecule has 1 aliphatic heterocycles. The van der Waals surface area contributed by atoms with E-state index in [1.807, 2.05) is 23.1 Å². The zero-order valence-electron chi connectivity index (χ0n) is 15.1. The van der Waals surface area contributed by atoms with Gasteiger partial charge in [-0.1, -0.05) is 30.3 Å². The fourth-order valence-corrected chi connectivity index (χ4v) is 4.63. The van der Waals surface area contributed by atoms with Crippen LogP contribution < -0.4 is 9.62 Å². The highest BCUT2D eigenvalue weighted by Gasteiger charge is 2.34. The number of nitrogens with zero attached hydrogens (tertiary/aromatic N) is 2. The van der Waals surface area contributed by atoms with Crippen molar-refractivity contribution in [2.24, 2.45) is 0 Å². The predicted molar refractivity (Wildman–Crippen MR) is 105 cm³/mol. The summed E-state index contributed by atoms with van der Waals surface area (Å²) in [5, 5.41) is 2.50. The number of thiazole rings is 1. The Morgan fingerprint density at radius 3 is 2.79 bits per heavy atom. The normalized spacial score (nSPS) is 16.7. The molecule has 1 saturated heterocycles. The first-order chi connectivity index (χ1) is 13.4. The topological polar surface area (TPSA) is 106 Å². The molecule has 1 N–H and O–H groups in total. The van der Waals surface area contributed by atoms with E-state index in [4.69, 9.17) is 4.74 Å². The molecule has 1 amide bonds. The summed E-state index contributed by atoms with van der Waals surface area (Å²) in [6.45, 7) is 0.731. The third-order valence-corrected chi connectivity index (χ3v) is 6.36. The molecule has 0 spiro atoms. The second kappa shape index (κ2) is 9.16. The van der Waals surface area contributed by atoms with E-state index < -0.39 is 33.7 Å². The van der Waals surface area contributed by atoms with Gasteiger partial charge >= 0.3 is 5.97 Å². The average Bonchev–Trinajstić information content (AvgIpc) is 3.36. The van der Waals surface area contributed by atoms with Gasteiger partial charge in [0.15, 0.2) is 5.13 Å². The molecule has 2 aromatic rings. The van der Waals surface area contributed by atoms with Gasteiger partial charge in [-0.05, 0) is 18.4 Å². The molecule has 28 heavy (non-hydrogen) atoms. The predicted octanol–water partition coefficient (Wildman–Crippen LogP) is 1.69. The number of rotatable bonds is 8. The Morgan fingerprint density at radius 2 is 2.07 bits per heavy atom. The summed E-state index contributed by atoms with van der Waals surface area (Å²) in [5.41, 5.74) is 0.815. The first-order valence-corrected chi connectivity index (χ1v) is 11.4. The second-order valence-electron chi connectivity index (χ2n) is 6.35. The molecule has 8 nitrogen and oxygen atoms in total. The van der Waals surface area contributed by atoms with Crippen molar-refractivity contribution in [1.82, 2.24) is 9.71 Å². The van der Waals surface area contributed by atoms with Gasteiger partial charge in [-0.2, -0.15) is 0 Å². The molecule has 0 radical (unpaired) electrons. The van der Waals surface area contributed by atoms with Crippen LogP contribution in [0.4, 0.5) is 5.13 Å². The van der Waals surface area contributed by atoms with Gasteiger partial charge in [0.25, 0.3) is 5.91 Å². The second-order valence-corrected chi connectivity index (χ2v) is 9.06. The van der Waals surface area contributed by atoms with Crippen molar-refractivity contribution in [3.05, 3.63) is 47.5 Å². The standard InChI is InChI=1S/C18H21N3O5S2/c22-16(26-13-14-5-2-1-3-6-14)8-12-28(24,25)20-17(23)15-7-4-10-21(15)18-19-9-11-27-18/h1-3,5-6,9,11,15H,4,7-8,10,12-13H2,(H,20,23). The van der Waals surface area contributed by atoms with Gasteiger partial charge in [-0.15, -0.1) is 11.3 Å². The highest BCUT2D eigenvalue weighted by Crippen LogP contribution is 2.27. The molecule has 1 aliphatic rings. The Bertz CT molecular complexity index is 901. The van der Waals surface area contributed by atoms with E-state index in [0.717, 1.165) is 12.0 Å². The van der Waals surface area contributed by atoms with Crippen molar-refractivity contribution >= 4 is 38.4 Å². The zero-order valence-corrected chi connectivity index (χ0v) is 16.7. The van der Waals surface area contributed by atoms with Gasteiger partial charge in [-0.3, -0.25) is 14.3 Å². The molecule has 1 fully saturated rings. The summed E-state index contributed by atoms with van der Waals surface area (Å²) < 4.78 is 31.5. The fraction of sp³-hybridized carbons (Fsp3) is 0.389. The van der Waals surface area contributed by atoms with Crippen molar-refractivity contribution < 1.29 is 22.7 Å². The SMILES string of the molecule is O=C(CCS(=O)(=O)NC(=O)C1CCCN1c1nccs1)OCc1ccccc1. The minimum atomic E-state index is -3.93. The molecule has 2 heterocycles. The van der Waals surface area contributed by atoms with Gasteiger partial charge in [0.1, 0.15) is 12.6 Å². The van der Waals surface area contributed by atoms with Crippen molar-refractivity contribution in [3.63, 3.8) is 0 Å². The first-order valence-electron chi connectivity index (χ1n) is 8.84. The van der Waals surface area contributed by atoms with Crippen LogP contribution in [0.3, 0.4) is 0 Å². The van der Waals surface area contributed by atoms with E-state index in [1.54, 1.807) is 23.7 Å². The third kappa shape index (κ3) is 5.52. The molecule has 0 bridgehead atoms. The van der Waals surface area contributed by atoms with Crippen molar-refractivity contribution in [3.8, 4) is 0 Å². The molecule has 1 unspecified atom stereocenters. The maximum Gasteiger partial charge on any atom is 0.307 e. The molecule has 1 atom stereocenters. The number of aromatic nitrogens is 1. The van der Waals surface area contributed by atoms with Gasteiger partial charge in [0, 0.05) is 18.1 Å². The van der Waals surface area contributed by atoms with Crippen LogP contribution in [0.2, 0.25) is 0 Å². The summed E-state index contributed by atoms with van der Waals surface area (Å²) >= 11 is 1.40. The number of ether oxygens (including phenoxy) is 1. The van der Waals surface area contributed by atoms with Gasteiger partial charge in [0.2, 0.25) is 10.0 Å². The number of nitrogens with one attached hydrogen (secondary N) is 1. The van der Waals surface area contributed by atoms with E-state index in [9.17, 15) is 18.0 Å². The lowest BCUT2D eigenvalue weighted by molar-refractivity contribution is -0.144. The smallest absolute Gasteiger partial charge is 0.307 e. The number of hydrogen-bond acceptors (Lipinski definition) is 8. The Morgan fingerprint density at radius 1 is 1.29 bits per heavy atom. The van der Waals surface area contributed by atoms with Crippen LogP contribution in [0, 0.1) is 0 Å². The maximum atomic E-state index is 12.5. The van der Waals surface area contributed by atoms with Crippen molar-refractivity contribution in [2.45, 2.75) is 31.9 Å². The lowest BCUT2D eigenvalue weighted by Crippen LogP contribution is -2.46. The summed E-state index contributed by atoms with van der Waals surface area (Å²) in [6.07, 6.45) is 2.66. The molecule has 0 saturated carbocycles. The average molecular weight is 424 g/mol. The monoisotopic (exact) mass is 423 g/mol. The van der Waals surface area contributed by atoms with E-state index in [1.165, 1.54) is 11.3 Å². The lowest BCUT2D eigenvalue weighted by atomic mass is 10.2. The summed E-state index contributed by atoms with van der Waals surface area (Å²) in [7, 11) is -3.93. The van der Waals surface area contributed by atoms with Crippen LogP contribution in [0.5, 0.6) is 0 Å². The van der Waals surface area contributed by atoms with E-state index in [-0.39, 0.29) is 13.0 Å². The van der Waals surface area contributed by atoms with Crippen LogP contribution in [0.1, 0.15) is 24.8 Å². The summed E-state index contributed by atoms with van der Waals surface area (Å²) in [4.78, 5) is 30.2. The first kappa shape index (κ1) is 20.3. The molecule has 1 aromatic carbocycles. The van der Waals surface area contributed by atoms with Crippen LogP contribution in [-0.4, -0.2) is 43.6 Å². The van der Waals surface area contributed by atoms with Gasteiger partial charge in [0.05, 0.1) is 12.2 Å². The summed E-state index contributed by atoms with van der Waals surface area (Å²) in [6, 6.07) is 8.52. The maximum absolute atomic E-state index is 12.5. The number of hydrogen-bond donors (Lipinski definition) is 1. The number of benzene rings is 1. The van der Waals surface area contributed by atoms with Crippen molar-refractivity contribution in [2.75, 3.05) is 17.2 Å². The number of carbonyl (C=O) groups excluding carboxylic acids is 2. The molecule has 0 aliphatic carbocycles. The zero-order chi connectivity index (χ0) is 20.0. The van der Waals surface area contributed by atoms with Gasteiger partial charge < -0.3 is 9.64 Å². The number of anilines is 1. The Hall–Kier alpha value is -2.46. The largest absolute Gasteiger partial charge is 0.461 e. The Kier molecular flexibility index (Phi) is 6.63. The molecule has 1 aromatic heterocycles. The lowest BCUT2D eigenvalue weighted by Gasteiger charge is -2.22. The van der Waals surface area contributed by atoms with Crippen molar-refractivity contribution in [1.29, 1.82) is 0 Å². The van der Waals surface area contributed by atoms with Crippen LogP contribution in [-0.2, 0) is 31.0 Å². The highest BCUT2D eigenvalue weighted by molar-refractivity contribution is 7.90. The quantitative estimate of drug-likeness (QED) is 0.644. The summed E-state index contributed by atoms with van der Waals surface area (Å²) in [5.74, 6) is -1.73. The molecule has 150 valence electrons. The minimum absolute atomic E-state index is 0.0803. The van der Waals surface area contributed by atoms with Crippen LogP contribution in [0.25, 0.3) is 0 Å². The molecular weight excluding hydrogens is 402 g/mol. The van der Waals surface area contributed by atoms with Crippen LogP contribution in [0.15, 0.2) is 41.9 Å². The Balaban J connectivity index is 1.48. The molecule has 10 heteroatoms. The van der Waals surface area contributed by atoms with Crippen LogP contribution >= 0.6 is 11.3 Å². The molecule has 3 rings (SSSR count). The van der Waals surface area contributed by atoms with E-state index in [0.29, 0.717) is 18.1 Å². The number of sulfonamides is 1. The van der Waals surface area contributed by atoms with Gasteiger partial charge in [-0.25, -0.2) is 13.4 Å². The van der Waals surface area contributed by atoms with E-state index in [2.05, 4.69) is 9.71 Å².